The van der Waals surface area contributed by atoms with Gasteiger partial charge in [0.25, 0.3) is 5.91 Å². The Morgan fingerprint density at radius 2 is 1.77 bits per heavy atom. The standard InChI is InChI=1S/C21H16ClFN2O/c1-13-6-8-14(9-7-13)20-24-19-5-3-2-4-16(19)21(26)25(20)15-10-11-18(23)17(22)12-15/h2-12,20,24H,1H3/t20-/m0/s1. The Morgan fingerprint density at radius 1 is 1.04 bits per heavy atom. The molecular weight excluding hydrogens is 351 g/mol. The number of aryl methyl sites for hydroxylation is 1. The van der Waals surface area contributed by atoms with Crippen LogP contribution in [0.5, 0.6) is 0 Å². The molecule has 0 unspecified atom stereocenters. The fourth-order valence-corrected chi connectivity index (χ4v) is 3.31. The maximum Gasteiger partial charge on any atom is 0.262 e. The van der Waals surface area contributed by atoms with Crippen molar-refractivity contribution < 1.29 is 9.18 Å². The second-order valence-corrected chi connectivity index (χ2v) is 6.68. The number of benzene rings is 3. The molecule has 0 aliphatic carbocycles. The summed E-state index contributed by atoms with van der Waals surface area (Å²) in [5.74, 6) is -0.673. The highest BCUT2D eigenvalue weighted by atomic mass is 35.5. The number of carbonyl (C=O) groups excluding carboxylic acids is 1. The molecular formula is C21H16ClFN2O. The summed E-state index contributed by atoms with van der Waals surface area (Å²) in [6.45, 7) is 2.01. The highest BCUT2D eigenvalue weighted by Gasteiger charge is 2.34. The van der Waals surface area contributed by atoms with E-state index >= 15 is 0 Å². The zero-order valence-electron chi connectivity index (χ0n) is 14.0. The van der Waals surface area contributed by atoms with E-state index < -0.39 is 12.0 Å². The van der Waals surface area contributed by atoms with Gasteiger partial charge in [-0.1, -0.05) is 53.6 Å². The van der Waals surface area contributed by atoms with Gasteiger partial charge in [0.05, 0.1) is 10.6 Å². The Kier molecular flexibility index (Phi) is 4.13. The molecule has 5 heteroatoms. The highest BCUT2D eigenvalue weighted by Crippen LogP contribution is 2.37. The summed E-state index contributed by atoms with van der Waals surface area (Å²) in [7, 11) is 0. The normalized spacial score (nSPS) is 16.2. The predicted molar refractivity (Wildman–Crippen MR) is 102 cm³/mol. The predicted octanol–water partition coefficient (Wildman–Crippen LogP) is 5.56. The molecule has 1 aliphatic rings. The van der Waals surface area contributed by atoms with Crippen LogP contribution < -0.4 is 10.2 Å². The molecule has 3 aromatic carbocycles. The van der Waals surface area contributed by atoms with Gasteiger partial charge in [0, 0.05) is 11.4 Å². The van der Waals surface area contributed by atoms with Crippen LogP contribution in [0.2, 0.25) is 5.02 Å². The minimum Gasteiger partial charge on any atom is -0.360 e. The lowest BCUT2D eigenvalue weighted by molar-refractivity contribution is 0.0975. The molecule has 3 aromatic rings. The van der Waals surface area contributed by atoms with Crippen LogP contribution in [0, 0.1) is 12.7 Å². The first-order valence-electron chi connectivity index (χ1n) is 8.25. The number of amides is 1. The van der Waals surface area contributed by atoms with Crippen molar-refractivity contribution in [3.05, 3.63) is 94.3 Å². The zero-order valence-corrected chi connectivity index (χ0v) is 14.8. The number of para-hydroxylation sites is 1. The van der Waals surface area contributed by atoms with Gasteiger partial charge < -0.3 is 5.32 Å². The van der Waals surface area contributed by atoms with Crippen LogP contribution in [0.25, 0.3) is 0 Å². The third-order valence-electron chi connectivity index (χ3n) is 4.50. The summed E-state index contributed by atoms with van der Waals surface area (Å²) in [5.41, 5.74) is 3.93. The van der Waals surface area contributed by atoms with Gasteiger partial charge in [0.2, 0.25) is 0 Å². The van der Waals surface area contributed by atoms with Crippen LogP contribution in [0.3, 0.4) is 0 Å². The number of fused-ring (bicyclic) bond motifs is 1. The molecule has 0 fully saturated rings. The van der Waals surface area contributed by atoms with Crippen LogP contribution in [-0.4, -0.2) is 5.91 Å². The topological polar surface area (TPSA) is 32.3 Å². The molecule has 4 rings (SSSR count). The number of hydrogen-bond acceptors (Lipinski definition) is 2. The number of rotatable bonds is 2. The first-order valence-corrected chi connectivity index (χ1v) is 8.63. The molecule has 0 saturated heterocycles. The third kappa shape index (κ3) is 2.82. The number of nitrogens with zero attached hydrogens (tertiary/aromatic N) is 1. The largest absolute Gasteiger partial charge is 0.360 e. The van der Waals surface area contributed by atoms with E-state index in [1.54, 1.807) is 17.0 Å². The molecule has 1 N–H and O–H groups in total. The van der Waals surface area contributed by atoms with E-state index in [-0.39, 0.29) is 10.9 Å². The molecule has 0 saturated carbocycles. The summed E-state index contributed by atoms with van der Waals surface area (Å²) in [5, 5.41) is 3.40. The van der Waals surface area contributed by atoms with Gasteiger partial charge in [-0.25, -0.2) is 4.39 Å². The molecule has 1 heterocycles. The van der Waals surface area contributed by atoms with E-state index in [2.05, 4.69) is 5.32 Å². The monoisotopic (exact) mass is 366 g/mol. The molecule has 1 aliphatic heterocycles. The quantitative estimate of drug-likeness (QED) is 0.644. The van der Waals surface area contributed by atoms with Gasteiger partial charge in [0.15, 0.2) is 0 Å². The fraction of sp³-hybridized carbons (Fsp3) is 0.0952. The summed E-state index contributed by atoms with van der Waals surface area (Å²) < 4.78 is 13.6. The molecule has 1 amide bonds. The summed E-state index contributed by atoms with van der Waals surface area (Å²) in [6, 6.07) is 19.6. The van der Waals surface area contributed by atoms with E-state index in [0.717, 1.165) is 16.8 Å². The Hall–Kier alpha value is -2.85. The van der Waals surface area contributed by atoms with Crippen molar-refractivity contribution in [3.63, 3.8) is 0 Å². The van der Waals surface area contributed by atoms with Gasteiger partial charge in [-0.15, -0.1) is 0 Å². The average molecular weight is 367 g/mol. The fourth-order valence-electron chi connectivity index (χ4n) is 3.14. The Bertz CT molecular complexity index is 988. The maximum absolute atomic E-state index is 13.6. The number of hydrogen-bond donors (Lipinski definition) is 1. The van der Waals surface area contributed by atoms with Crippen molar-refractivity contribution in [1.82, 2.24) is 0 Å². The van der Waals surface area contributed by atoms with Crippen molar-refractivity contribution >= 4 is 28.9 Å². The molecule has 130 valence electrons. The first-order chi connectivity index (χ1) is 12.5. The minimum absolute atomic E-state index is 0.0168. The van der Waals surface area contributed by atoms with Crippen LogP contribution >= 0.6 is 11.6 Å². The van der Waals surface area contributed by atoms with Gasteiger partial charge in [-0.2, -0.15) is 0 Å². The second-order valence-electron chi connectivity index (χ2n) is 6.28. The van der Waals surface area contributed by atoms with E-state index in [4.69, 9.17) is 11.6 Å². The number of carbonyl (C=O) groups is 1. The molecule has 3 nitrogen and oxygen atoms in total. The van der Waals surface area contributed by atoms with E-state index in [0.29, 0.717) is 11.3 Å². The molecule has 26 heavy (non-hydrogen) atoms. The summed E-state index contributed by atoms with van der Waals surface area (Å²) in [4.78, 5) is 14.8. The first kappa shape index (κ1) is 16.6. The smallest absolute Gasteiger partial charge is 0.262 e. The van der Waals surface area contributed by atoms with Gasteiger partial charge in [-0.3, -0.25) is 9.69 Å². The number of halogens is 2. The summed E-state index contributed by atoms with van der Waals surface area (Å²) in [6.07, 6.45) is -0.417. The van der Waals surface area contributed by atoms with Crippen molar-refractivity contribution in [1.29, 1.82) is 0 Å². The van der Waals surface area contributed by atoms with Gasteiger partial charge in [-0.05, 0) is 42.8 Å². The zero-order chi connectivity index (χ0) is 18.3. The maximum atomic E-state index is 13.6. The number of anilines is 2. The van der Waals surface area contributed by atoms with Gasteiger partial charge >= 0.3 is 0 Å². The lowest BCUT2D eigenvalue weighted by atomic mass is 10.0. The molecule has 0 aromatic heterocycles. The summed E-state index contributed by atoms with van der Waals surface area (Å²) >= 11 is 5.96. The molecule has 0 bridgehead atoms. The van der Waals surface area contributed by atoms with Crippen LogP contribution in [0.15, 0.2) is 66.7 Å². The van der Waals surface area contributed by atoms with E-state index in [1.807, 2.05) is 49.4 Å². The van der Waals surface area contributed by atoms with Crippen LogP contribution in [0.4, 0.5) is 15.8 Å². The van der Waals surface area contributed by atoms with Gasteiger partial charge in [0.1, 0.15) is 12.0 Å². The Labute approximate surface area is 156 Å². The Morgan fingerprint density at radius 3 is 2.50 bits per heavy atom. The minimum atomic E-state index is -0.514. The second kappa shape index (κ2) is 6.46. The van der Waals surface area contributed by atoms with E-state index in [1.165, 1.54) is 12.1 Å². The third-order valence-corrected chi connectivity index (χ3v) is 4.79. The average Bonchev–Trinajstić information content (AvgIpc) is 2.65. The lowest BCUT2D eigenvalue weighted by Gasteiger charge is -2.38. The van der Waals surface area contributed by atoms with Crippen molar-refractivity contribution in [2.75, 3.05) is 10.2 Å². The number of nitrogens with one attached hydrogen (secondary N) is 1. The molecule has 0 radical (unpaired) electrons. The lowest BCUT2D eigenvalue weighted by Crippen LogP contribution is -2.43. The SMILES string of the molecule is Cc1ccc([C@H]2Nc3ccccc3C(=O)N2c2ccc(F)c(Cl)c2)cc1. The molecule has 1 atom stereocenters. The van der Waals surface area contributed by atoms with Crippen LogP contribution in [-0.2, 0) is 0 Å². The molecule has 0 spiro atoms. The van der Waals surface area contributed by atoms with Crippen molar-refractivity contribution in [3.8, 4) is 0 Å². The van der Waals surface area contributed by atoms with Crippen LogP contribution in [0.1, 0.15) is 27.7 Å². The highest BCUT2D eigenvalue weighted by molar-refractivity contribution is 6.31. The Balaban J connectivity index is 1.87. The van der Waals surface area contributed by atoms with E-state index in [9.17, 15) is 9.18 Å². The van der Waals surface area contributed by atoms with Crippen molar-refractivity contribution in [2.45, 2.75) is 13.1 Å². The van der Waals surface area contributed by atoms with Crippen molar-refractivity contribution in [2.24, 2.45) is 0 Å².